The number of ether oxygens (including phenoxy) is 1. The number of methoxy groups -OCH3 is 1. The first-order valence-electron chi connectivity index (χ1n) is 9.71. The van der Waals surface area contributed by atoms with E-state index in [1.54, 1.807) is 0 Å². The number of fused-ring (bicyclic) bond motifs is 1. The topological polar surface area (TPSA) is 69.7 Å². The first-order chi connectivity index (χ1) is 13.0. The summed E-state index contributed by atoms with van der Waals surface area (Å²) in [4.78, 5) is 22.3. The van der Waals surface area contributed by atoms with Crippen LogP contribution in [-0.2, 0) is 16.0 Å². The fraction of sp³-hybridized carbons (Fsp3) is 0.524. The van der Waals surface area contributed by atoms with Crippen molar-refractivity contribution in [1.82, 2.24) is 15.2 Å². The van der Waals surface area contributed by atoms with Crippen LogP contribution in [0.2, 0.25) is 0 Å². The van der Waals surface area contributed by atoms with Gasteiger partial charge in [0.2, 0.25) is 0 Å². The minimum Gasteiger partial charge on any atom is -0.469 e. The van der Waals surface area contributed by atoms with Crippen LogP contribution in [0.1, 0.15) is 25.0 Å². The molecule has 0 saturated carbocycles. The van der Waals surface area contributed by atoms with Gasteiger partial charge in [-0.15, -0.1) is 0 Å². The van der Waals surface area contributed by atoms with Crippen molar-refractivity contribution in [3.05, 3.63) is 35.5 Å². The first kappa shape index (κ1) is 19.3. The number of carbonyl (C=O) groups is 1. The molecule has 2 aromatic rings. The molecule has 3 rings (SSSR count). The summed E-state index contributed by atoms with van der Waals surface area (Å²) in [7, 11) is 1.46. The normalized spacial score (nSPS) is 20.3. The molecule has 2 heterocycles. The molecule has 0 radical (unpaired) electrons. The maximum absolute atomic E-state index is 12.0. The molecule has 2 N–H and O–H groups in total. The zero-order valence-corrected chi connectivity index (χ0v) is 16.7. The van der Waals surface area contributed by atoms with E-state index in [1.807, 2.05) is 0 Å². The molecule has 0 amide bonds. The molecule has 0 spiro atoms. The summed E-state index contributed by atoms with van der Waals surface area (Å²) in [6, 6.07) is 6.38. The molecule has 27 heavy (non-hydrogen) atoms. The second kappa shape index (κ2) is 8.46. The minimum absolute atomic E-state index is 0.0875. The van der Waals surface area contributed by atoms with Crippen LogP contribution in [0.25, 0.3) is 10.9 Å². The molecule has 1 saturated heterocycles. The molecule has 1 aliphatic heterocycles. The highest BCUT2D eigenvalue weighted by molar-refractivity contribution is 5.86. The van der Waals surface area contributed by atoms with Gasteiger partial charge in [-0.05, 0) is 37.3 Å². The number of hydrogen-bond acceptors (Lipinski definition) is 3. The van der Waals surface area contributed by atoms with E-state index in [0.717, 1.165) is 25.5 Å². The molecule has 146 valence electrons. The fourth-order valence-corrected chi connectivity index (χ4v) is 3.88. The van der Waals surface area contributed by atoms with Crippen molar-refractivity contribution in [2.75, 3.05) is 33.3 Å². The van der Waals surface area contributed by atoms with Gasteiger partial charge in [0.05, 0.1) is 13.0 Å². The van der Waals surface area contributed by atoms with Gasteiger partial charge in [0.15, 0.2) is 5.96 Å². The van der Waals surface area contributed by atoms with Crippen LogP contribution in [0.3, 0.4) is 0 Å². The number of aromatic amines is 1. The predicted molar refractivity (Wildman–Crippen MR) is 109 cm³/mol. The summed E-state index contributed by atoms with van der Waals surface area (Å²) < 4.78 is 4.94. The van der Waals surface area contributed by atoms with Crippen LogP contribution in [0.15, 0.2) is 29.4 Å². The van der Waals surface area contributed by atoms with E-state index in [1.165, 1.54) is 29.1 Å². The molecule has 2 unspecified atom stereocenters. The summed E-state index contributed by atoms with van der Waals surface area (Å²) in [6.45, 7) is 9.27. The Labute approximate surface area is 161 Å². The monoisotopic (exact) mass is 370 g/mol. The molecule has 1 fully saturated rings. The number of likely N-dealkylation sites (tertiary alicyclic amines) is 1. The molecule has 0 bridgehead atoms. The summed E-state index contributed by atoms with van der Waals surface area (Å²) in [5.74, 6) is 0.926. The lowest BCUT2D eigenvalue weighted by molar-refractivity contribution is -0.145. The quantitative estimate of drug-likeness (QED) is 0.482. The molecule has 2 atom stereocenters. The number of hydrogen-bond donors (Lipinski definition) is 2. The van der Waals surface area contributed by atoms with Gasteiger partial charge in [0.1, 0.15) is 0 Å². The van der Waals surface area contributed by atoms with E-state index in [-0.39, 0.29) is 17.8 Å². The Morgan fingerprint density at radius 2 is 2.22 bits per heavy atom. The average molecular weight is 370 g/mol. The van der Waals surface area contributed by atoms with Gasteiger partial charge in [-0.3, -0.25) is 9.79 Å². The average Bonchev–Trinajstić information content (AvgIpc) is 3.25. The van der Waals surface area contributed by atoms with Crippen molar-refractivity contribution in [2.24, 2.45) is 16.8 Å². The minimum atomic E-state index is -0.130. The number of nitrogens with zero attached hydrogens (tertiary/aromatic N) is 2. The van der Waals surface area contributed by atoms with E-state index in [0.29, 0.717) is 13.1 Å². The standard InChI is InChI=1S/C21H30N4O2/c1-5-22-21(25-12-15(3)18(13-25)20(26)27-4)23-10-9-16-11-24-19-14(2)7-6-8-17(16)19/h6-8,11,15,18,24H,5,9-10,12-13H2,1-4H3,(H,22,23). The highest BCUT2D eigenvalue weighted by atomic mass is 16.5. The van der Waals surface area contributed by atoms with Crippen LogP contribution in [-0.4, -0.2) is 55.1 Å². The second-order valence-corrected chi connectivity index (χ2v) is 7.31. The number of rotatable bonds is 5. The fourth-order valence-electron chi connectivity index (χ4n) is 3.88. The van der Waals surface area contributed by atoms with Crippen molar-refractivity contribution in [3.63, 3.8) is 0 Å². The van der Waals surface area contributed by atoms with E-state index >= 15 is 0 Å². The second-order valence-electron chi connectivity index (χ2n) is 7.31. The van der Waals surface area contributed by atoms with Crippen LogP contribution in [0, 0.1) is 18.8 Å². The Bertz CT molecular complexity index is 827. The Hall–Kier alpha value is -2.50. The van der Waals surface area contributed by atoms with Crippen molar-refractivity contribution < 1.29 is 9.53 Å². The first-order valence-corrected chi connectivity index (χ1v) is 9.71. The van der Waals surface area contributed by atoms with Gasteiger partial charge in [0, 0.05) is 43.3 Å². The smallest absolute Gasteiger partial charge is 0.310 e. The number of aliphatic imine (C=N–C) groups is 1. The maximum atomic E-state index is 12.0. The maximum Gasteiger partial charge on any atom is 0.310 e. The van der Waals surface area contributed by atoms with Crippen LogP contribution in [0.5, 0.6) is 0 Å². The molecular weight excluding hydrogens is 340 g/mol. The van der Waals surface area contributed by atoms with Gasteiger partial charge in [-0.2, -0.15) is 0 Å². The van der Waals surface area contributed by atoms with Crippen molar-refractivity contribution in [1.29, 1.82) is 0 Å². The molecule has 1 aliphatic rings. The van der Waals surface area contributed by atoms with E-state index in [2.05, 4.69) is 60.4 Å². The van der Waals surface area contributed by atoms with Gasteiger partial charge >= 0.3 is 5.97 Å². The largest absolute Gasteiger partial charge is 0.469 e. The van der Waals surface area contributed by atoms with Crippen molar-refractivity contribution in [2.45, 2.75) is 27.2 Å². The number of H-pyrrole nitrogens is 1. The Morgan fingerprint density at radius 1 is 1.41 bits per heavy atom. The van der Waals surface area contributed by atoms with Gasteiger partial charge < -0.3 is 19.9 Å². The highest BCUT2D eigenvalue weighted by Gasteiger charge is 2.36. The molecule has 1 aromatic carbocycles. The third-order valence-corrected chi connectivity index (χ3v) is 5.40. The number of carbonyl (C=O) groups excluding carboxylic acids is 1. The molecular formula is C21H30N4O2. The lowest BCUT2D eigenvalue weighted by Crippen LogP contribution is -2.40. The number of para-hydroxylation sites is 1. The molecule has 0 aliphatic carbocycles. The Kier molecular flexibility index (Phi) is 6.04. The van der Waals surface area contributed by atoms with E-state index in [4.69, 9.17) is 9.73 Å². The third kappa shape index (κ3) is 4.10. The van der Waals surface area contributed by atoms with E-state index < -0.39 is 0 Å². The number of guanidine groups is 1. The highest BCUT2D eigenvalue weighted by Crippen LogP contribution is 2.24. The number of aryl methyl sites for hydroxylation is 1. The predicted octanol–water partition coefficient (Wildman–Crippen LogP) is 2.73. The molecule has 1 aromatic heterocycles. The number of benzene rings is 1. The summed E-state index contributed by atoms with van der Waals surface area (Å²) in [5.41, 5.74) is 3.75. The van der Waals surface area contributed by atoms with Gasteiger partial charge in [-0.1, -0.05) is 25.1 Å². The van der Waals surface area contributed by atoms with Crippen LogP contribution < -0.4 is 5.32 Å². The number of nitrogens with one attached hydrogen (secondary N) is 2. The van der Waals surface area contributed by atoms with Crippen LogP contribution in [0.4, 0.5) is 0 Å². The lowest BCUT2D eigenvalue weighted by atomic mass is 9.99. The summed E-state index contributed by atoms with van der Waals surface area (Å²) >= 11 is 0. The lowest BCUT2D eigenvalue weighted by Gasteiger charge is -2.21. The zero-order chi connectivity index (χ0) is 19.4. The van der Waals surface area contributed by atoms with Gasteiger partial charge in [0.25, 0.3) is 0 Å². The zero-order valence-electron chi connectivity index (χ0n) is 16.7. The number of esters is 1. The van der Waals surface area contributed by atoms with E-state index in [9.17, 15) is 4.79 Å². The van der Waals surface area contributed by atoms with Crippen molar-refractivity contribution in [3.8, 4) is 0 Å². The molecule has 6 heteroatoms. The summed E-state index contributed by atoms with van der Waals surface area (Å²) in [6.07, 6.45) is 2.97. The molecule has 6 nitrogen and oxygen atoms in total. The van der Waals surface area contributed by atoms with Crippen LogP contribution >= 0.6 is 0 Å². The SMILES string of the molecule is CCNC(=NCCc1c[nH]c2c(C)cccc12)N1CC(C)C(C(=O)OC)C1. The third-order valence-electron chi connectivity index (χ3n) is 5.40. The summed E-state index contributed by atoms with van der Waals surface area (Å²) in [5, 5.41) is 4.64. The van der Waals surface area contributed by atoms with Crippen molar-refractivity contribution >= 4 is 22.8 Å². The Morgan fingerprint density at radius 3 is 2.96 bits per heavy atom. The van der Waals surface area contributed by atoms with Gasteiger partial charge in [-0.25, -0.2) is 0 Å². The number of aromatic nitrogens is 1. The Balaban J connectivity index is 1.69.